The van der Waals surface area contributed by atoms with Crippen molar-refractivity contribution in [1.29, 1.82) is 0 Å². The van der Waals surface area contributed by atoms with E-state index in [9.17, 15) is 4.79 Å². The zero-order valence-corrected chi connectivity index (χ0v) is 11.6. The normalized spacial score (nSPS) is 11.5. The van der Waals surface area contributed by atoms with Crippen molar-refractivity contribution in [3.05, 3.63) is 20.8 Å². The Kier molecular flexibility index (Phi) is 4.34. The minimum Gasteiger partial charge on any atom is -0.460 e. The van der Waals surface area contributed by atoms with E-state index in [-0.39, 0.29) is 11.6 Å². The number of carbonyl (C=O) groups excluding carboxylic acids is 1. The Bertz CT molecular complexity index is 339. The van der Waals surface area contributed by atoms with Crippen LogP contribution in [0.4, 0.5) is 0 Å². The number of thiophene rings is 1. The fourth-order valence-corrected chi connectivity index (χ4v) is 2.59. The first-order chi connectivity index (χ1) is 6.87. The molecule has 0 aliphatic carbocycles. The van der Waals surface area contributed by atoms with Gasteiger partial charge < -0.3 is 4.74 Å². The predicted molar refractivity (Wildman–Crippen MR) is 66.2 cm³/mol. The highest BCUT2D eigenvalue weighted by atomic mass is 79.9. The lowest BCUT2D eigenvalue weighted by atomic mass is 10.2. The van der Waals surface area contributed by atoms with Crippen molar-refractivity contribution < 1.29 is 9.53 Å². The Morgan fingerprint density at radius 2 is 2.13 bits per heavy atom. The van der Waals surface area contributed by atoms with Gasteiger partial charge in [0.05, 0.1) is 10.2 Å². The van der Waals surface area contributed by atoms with Crippen LogP contribution in [0.15, 0.2) is 15.9 Å². The number of halogens is 1. The fraction of sp³-hybridized carbons (Fsp3) is 0.545. The number of hydrogen-bond donors (Lipinski definition) is 0. The molecule has 0 bridgehead atoms. The number of esters is 1. The van der Waals surface area contributed by atoms with Crippen molar-refractivity contribution in [2.24, 2.45) is 0 Å². The summed E-state index contributed by atoms with van der Waals surface area (Å²) in [5.41, 5.74) is -0.382. The standard InChI is InChI=1S/C11H15BrO2S/c1-11(2,3)14-10(13)7-5-8-4-6-9(12)15-8/h4,6H,5,7H2,1-3H3. The van der Waals surface area contributed by atoms with Gasteiger partial charge in [0.1, 0.15) is 5.60 Å². The smallest absolute Gasteiger partial charge is 0.306 e. The molecule has 0 aliphatic rings. The average Bonchev–Trinajstić information content (AvgIpc) is 2.45. The summed E-state index contributed by atoms with van der Waals surface area (Å²) in [7, 11) is 0. The van der Waals surface area contributed by atoms with Crippen molar-refractivity contribution in [3.8, 4) is 0 Å². The van der Waals surface area contributed by atoms with E-state index in [1.807, 2.05) is 32.9 Å². The van der Waals surface area contributed by atoms with E-state index < -0.39 is 0 Å². The second-order valence-electron chi connectivity index (χ2n) is 4.29. The maximum absolute atomic E-state index is 11.4. The molecule has 1 rings (SSSR count). The highest BCUT2D eigenvalue weighted by Crippen LogP contribution is 2.23. The third kappa shape index (κ3) is 5.33. The topological polar surface area (TPSA) is 26.3 Å². The third-order valence-corrected chi connectivity index (χ3v) is 3.31. The summed E-state index contributed by atoms with van der Waals surface area (Å²) < 4.78 is 6.32. The second-order valence-corrected chi connectivity index (χ2v) is 6.84. The van der Waals surface area contributed by atoms with Crippen molar-refractivity contribution in [3.63, 3.8) is 0 Å². The first-order valence-electron chi connectivity index (χ1n) is 4.83. The predicted octanol–water partition coefficient (Wildman–Crippen LogP) is 3.78. The van der Waals surface area contributed by atoms with Crippen LogP contribution in [0.5, 0.6) is 0 Å². The van der Waals surface area contributed by atoms with Gasteiger partial charge in [-0.25, -0.2) is 0 Å². The summed E-state index contributed by atoms with van der Waals surface area (Å²) in [4.78, 5) is 12.6. The molecule has 1 heterocycles. The summed E-state index contributed by atoms with van der Waals surface area (Å²) in [6, 6.07) is 4.02. The van der Waals surface area contributed by atoms with E-state index in [4.69, 9.17) is 4.74 Å². The van der Waals surface area contributed by atoms with E-state index in [1.54, 1.807) is 11.3 Å². The maximum Gasteiger partial charge on any atom is 0.306 e. The lowest BCUT2D eigenvalue weighted by molar-refractivity contribution is -0.154. The molecule has 0 fully saturated rings. The second kappa shape index (κ2) is 5.12. The Morgan fingerprint density at radius 3 is 2.60 bits per heavy atom. The summed E-state index contributed by atoms with van der Waals surface area (Å²) in [6.45, 7) is 5.64. The van der Waals surface area contributed by atoms with Crippen LogP contribution in [-0.2, 0) is 16.0 Å². The van der Waals surface area contributed by atoms with Gasteiger partial charge in [-0.15, -0.1) is 11.3 Å². The number of rotatable bonds is 3. The van der Waals surface area contributed by atoms with E-state index in [0.717, 1.165) is 10.2 Å². The molecule has 0 aliphatic heterocycles. The van der Waals surface area contributed by atoms with Crippen LogP contribution in [0.3, 0.4) is 0 Å². The van der Waals surface area contributed by atoms with E-state index in [1.165, 1.54) is 4.88 Å². The highest BCUT2D eigenvalue weighted by molar-refractivity contribution is 9.11. The minimum absolute atomic E-state index is 0.132. The van der Waals surface area contributed by atoms with Crippen LogP contribution in [0, 0.1) is 0 Å². The van der Waals surface area contributed by atoms with Gasteiger partial charge in [0.2, 0.25) is 0 Å². The van der Waals surface area contributed by atoms with E-state index in [0.29, 0.717) is 6.42 Å². The molecule has 0 spiro atoms. The zero-order valence-electron chi connectivity index (χ0n) is 9.17. The molecule has 0 N–H and O–H groups in total. The van der Waals surface area contributed by atoms with Crippen LogP contribution >= 0.6 is 27.3 Å². The van der Waals surface area contributed by atoms with Crippen LogP contribution in [-0.4, -0.2) is 11.6 Å². The van der Waals surface area contributed by atoms with Crippen molar-refractivity contribution in [2.75, 3.05) is 0 Å². The SMILES string of the molecule is CC(C)(C)OC(=O)CCc1ccc(Br)s1. The maximum atomic E-state index is 11.4. The van der Waals surface area contributed by atoms with Gasteiger partial charge in [-0.3, -0.25) is 4.79 Å². The van der Waals surface area contributed by atoms with Crippen molar-refractivity contribution >= 4 is 33.2 Å². The fourth-order valence-electron chi connectivity index (χ4n) is 1.10. The molecule has 0 unspecified atom stereocenters. The highest BCUT2D eigenvalue weighted by Gasteiger charge is 2.16. The molecule has 0 saturated heterocycles. The number of aryl methyl sites for hydroxylation is 1. The van der Waals surface area contributed by atoms with Gasteiger partial charge in [-0.1, -0.05) is 0 Å². The summed E-state index contributed by atoms with van der Waals surface area (Å²) in [6.07, 6.45) is 1.20. The molecular weight excluding hydrogens is 276 g/mol. The van der Waals surface area contributed by atoms with Gasteiger partial charge in [-0.05, 0) is 55.3 Å². The molecule has 2 nitrogen and oxygen atoms in total. The van der Waals surface area contributed by atoms with Gasteiger partial charge >= 0.3 is 5.97 Å². The molecular formula is C11H15BrO2S. The molecule has 0 radical (unpaired) electrons. The Hall–Kier alpha value is -0.350. The Balaban J connectivity index is 2.35. The molecule has 15 heavy (non-hydrogen) atoms. The molecule has 1 aromatic rings. The molecule has 84 valence electrons. The minimum atomic E-state index is -0.382. The Morgan fingerprint density at radius 1 is 1.47 bits per heavy atom. The average molecular weight is 291 g/mol. The van der Waals surface area contributed by atoms with Gasteiger partial charge in [0.25, 0.3) is 0 Å². The largest absolute Gasteiger partial charge is 0.460 e. The summed E-state index contributed by atoms with van der Waals surface area (Å²) in [5, 5.41) is 0. The lowest BCUT2D eigenvalue weighted by Crippen LogP contribution is -2.23. The van der Waals surface area contributed by atoms with Crippen LogP contribution in [0.2, 0.25) is 0 Å². The first-order valence-corrected chi connectivity index (χ1v) is 6.44. The zero-order chi connectivity index (χ0) is 11.5. The molecule has 4 heteroatoms. The van der Waals surface area contributed by atoms with E-state index >= 15 is 0 Å². The molecule has 0 amide bonds. The number of hydrogen-bond acceptors (Lipinski definition) is 3. The summed E-state index contributed by atoms with van der Waals surface area (Å²) in [5.74, 6) is -0.132. The van der Waals surface area contributed by atoms with Gasteiger partial charge in [0.15, 0.2) is 0 Å². The Labute approximate surface area is 103 Å². The van der Waals surface area contributed by atoms with E-state index in [2.05, 4.69) is 15.9 Å². The summed E-state index contributed by atoms with van der Waals surface area (Å²) >= 11 is 5.05. The van der Waals surface area contributed by atoms with Crippen LogP contribution < -0.4 is 0 Å². The first kappa shape index (κ1) is 12.7. The third-order valence-electron chi connectivity index (χ3n) is 1.62. The van der Waals surface area contributed by atoms with Crippen LogP contribution in [0.25, 0.3) is 0 Å². The molecule has 0 aromatic carbocycles. The quantitative estimate of drug-likeness (QED) is 0.792. The monoisotopic (exact) mass is 290 g/mol. The molecule has 0 saturated carbocycles. The molecule has 0 atom stereocenters. The van der Waals surface area contributed by atoms with Gasteiger partial charge in [-0.2, -0.15) is 0 Å². The molecule has 1 aromatic heterocycles. The number of carbonyl (C=O) groups is 1. The van der Waals surface area contributed by atoms with Gasteiger partial charge in [0, 0.05) is 4.88 Å². The van der Waals surface area contributed by atoms with Crippen molar-refractivity contribution in [1.82, 2.24) is 0 Å². The van der Waals surface area contributed by atoms with Crippen molar-refractivity contribution in [2.45, 2.75) is 39.2 Å². The number of ether oxygens (including phenoxy) is 1. The van der Waals surface area contributed by atoms with Crippen LogP contribution in [0.1, 0.15) is 32.1 Å². The lowest BCUT2D eigenvalue weighted by Gasteiger charge is -2.19.